The van der Waals surface area contributed by atoms with E-state index in [4.69, 9.17) is 9.47 Å². The Morgan fingerprint density at radius 1 is 0.500 bits per heavy atom. The fraction of sp³-hybridized carbons (Fsp3) is 0.500. The summed E-state index contributed by atoms with van der Waals surface area (Å²) in [6.45, 7) is 4.34. The third-order valence-corrected chi connectivity index (χ3v) is 9.79. The Kier molecular flexibility index (Phi) is 11.7. The quantitative estimate of drug-likeness (QED) is 0.155. The van der Waals surface area contributed by atoms with E-state index in [1.807, 2.05) is 24.3 Å². The third kappa shape index (κ3) is 9.30. The van der Waals surface area contributed by atoms with E-state index in [1.165, 1.54) is 22.3 Å². The molecule has 0 heterocycles. The van der Waals surface area contributed by atoms with Crippen LogP contribution in [0.15, 0.2) is 72.8 Å². The van der Waals surface area contributed by atoms with Crippen molar-refractivity contribution in [2.24, 2.45) is 23.7 Å². The number of carbonyl (C=O) groups is 2. The first kappa shape index (κ1) is 32.0. The number of hydrogen-bond acceptors (Lipinski definition) is 4. The smallest absolute Gasteiger partial charge is 0.314 e. The second-order valence-corrected chi connectivity index (χ2v) is 13.3. The van der Waals surface area contributed by atoms with E-state index in [-0.39, 0.29) is 23.8 Å². The van der Waals surface area contributed by atoms with E-state index in [9.17, 15) is 9.59 Å². The zero-order valence-electron chi connectivity index (χ0n) is 26.8. The van der Waals surface area contributed by atoms with Crippen LogP contribution in [-0.4, -0.2) is 11.9 Å². The summed E-state index contributed by atoms with van der Waals surface area (Å²) in [6, 6.07) is 25.1. The predicted octanol–water partition coefficient (Wildman–Crippen LogP) is 9.50. The van der Waals surface area contributed by atoms with Crippen LogP contribution < -0.4 is 9.47 Å². The van der Waals surface area contributed by atoms with Crippen LogP contribution in [0.4, 0.5) is 0 Å². The van der Waals surface area contributed by atoms with Crippen molar-refractivity contribution >= 4 is 11.9 Å². The topological polar surface area (TPSA) is 52.6 Å². The Morgan fingerprint density at radius 2 is 0.818 bits per heavy atom. The molecule has 0 unspecified atom stereocenters. The standard InChI is InChI=1S/C40H50O4/c1-3-5-29-15-23-37(24-16-29)43-39(41)35-19-11-33(12-20-35)27-31-7-9-32(10-8-31)28-34-13-21-36(22-14-34)40(42)44-38-25-17-30(6-4-2)18-26-38/h7-10,15-18,23-26,33-36H,3-6,11-14,19-22,27-28H2,1-2H3. The van der Waals surface area contributed by atoms with Gasteiger partial charge in [-0.2, -0.15) is 0 Å². The number of aryl methyl sites for hydroxylation is 2. The first-order valence-electron chi connectivity index (χ1n) is 17.2. The van der Waals surface area contributed by atoms with Crippen molar-refractivity contribution in [3.63, 3.8) is 0 Å². The van der Waals surface area contributed by atoms with Gasteiger partial charge < -0.3 is 9.47 Å². The van der Waals surface area contributed by atoms with Gasteiger partial charge in [-0.3, -0.25) is 9.59 Å². The van der Waals surface area contributed by atoms with E-state index in [2.05, 4.69) is 62.4 Å². The van der Waals surface area contributed by atoms with Crippen LogP contribution in [-0.2, 0) is 35.3 Å². The number of hydrogen-bond donors (Lipinski definition) is 0. The van der Waals surface area contributed by atoms with Crippen molar-refractivity contribution in [1.29, 1.82) is 0 Å². The van der Waals surface area contributed by atoms with Crippen LogP contribution in [0.1, 0.15) is 100 Å². The van der Waals surface area contributed by atoms with Gasteiger partial charge in [-0.05, 0) is 135 Å². The van der Waals surface area contributed by atoms with E-state index in [0.717, 1.165) is 89.9 Å². The highest BCUT2D eigenvalue weighted by Crippen LogP contribution is 2.34. The van der Waals surface area contributed by atoms with Crippen LogP contribution in [0.25, 0.3) is 0 Å². The van der Waals surface area contributed by atoms with E-state index < -0.39 is 0 Å². The highest BCUT2D eigenvalue weighted by molar-refractivity contribution is 5.75. The summed E-state index contributed by atoms with van der Waals surface area (Å²) in [5, 5.41) is 0. The Hall–Kier alpha value is -3.40. The van der Waals surface area contributed by atoms with E-state index >= 15 is 0 Å². The highest BCUT2D eigenvalue weighted by Gasteiger charge is 2.29. The van der Waals surface area contributed by atoms with Gasteiger partial charge in [0.2, 0.25) is 0 Å². The van der Waals surface area contributed by atoms with Crippen LogP contribution in [0.3, 0.4) is 0 Å². The van der Waals surface area contributed by atoms with Crippen LogP contribution >= 0.6 is 0 Å². The molecule has 2 aliphatic rings. The minimum absolute atomic E-state index is 0.0120. The summed E-state index contributed by atoms with van der Waals surface area (Å²) >= 11 is 0. The fourth-order valence-electron chi connectivity index (χ4n) is 7.11. The molecule has 2 saturated carbocycles. The molecule has 4 heteroatoms. The van der Waals surface area contributed by atoms with Gasteiger partial charge in [-0.15, -0.1) is 0 Å². The SMILES string of the molecule is CCCc1ccc(OC(=O)C2CCC(Cc3ccc(CC4CCC(C(=O)Oc5ccc(CCC)cc5)CC4)cc3)CC2)cc1. The average Bonchev–Trinajstić information content (AvgIpc) is 3.05. The monoisotopic (exact) mass is 594 g/mol. The molecule has 44 heavy (non-hydrogen) atoms. The van der Waals surface area contributed by atoms with Crippen LogP contribution in [0.5, 0.6) is 11.5 Å². The number of benzene rings is 3. The summed E-state index contributed by atoms with van der Waals surface area (Å²) in [6.07, 6.45) is 14.5. The van der Waals surface area contributed by atoms with Crippen LogP contribution in [0, 0.1) is 23.7 Å². The van der Waals surface area contributed by atoms with Crippen molar-refractivity contribution in [2.75, 3.05) is 0 Å². The lowest BCUT2D eigenvalue weighted by atomic mass is 9.78. The van der Waals surface area contributed by atoms with Gasteiger partial charge in [0.05, 0.1) is 11.8 Å². The second kappa shape index (κ2) is 16.1. The molecule has 234 valence electrons. The zero-order valence-corrected chi connectivity index (χ0v) is 26.8. The molecule has 3 aromatic rings. The summed E-state index contributed by atoms with van der Waals surface area (Å²) < 4.78 is 11.4. The fourth-order valence-corrected chi connectivity index (χ4v) is 7.11. The van der Waals surface area contributed by atoms with Gasteiger partial charge in [0.25, 0.3) is 0 Å². The largest absolute Gasteiger partial charge is 0.426 e. The molecular formula is C40H50O4. The normalized spacial score (nSPS) is 21.9. The zero-order chi connectivity index (χ0) is 30.7. The maximum atomic E-state index is 12.8. The predicted molar refractivity (Wildman–Crippen MR) is 177 cm³/mol. The molecule has 2 aliphatic carbocycles. The molecule has 0 amide bonds. The number of ether oxygens (including phenoxy) is 2. The number of rotatable bonds is 12. The molecule has 0 aromatic heterocycles. The molecule has 3 aromatic carbocycles. The second-order valence-electron chi connectivity index (χ2n) is 13.3. The Balaban J connectivity index is 0.995. The number of carbonyl (C=O) groups excluding carboxylic acids is 2. The number of esters is 2. The summed E-state index contributed by atoms with van der Waals surface area (Å²) in [5.74, 6) is 2.46. The highest BCUT2D eigenvalue weighted by atomic mass is 16.5. The van der Waals surface area contributed by atoms with E-state index in [0.29, 0.717) is 23.3 Å². The lowest BCUT2D eigenvalue weighted by Gasteiger charge is -2.28. The van der Waals surface area contributed by atoms with Gasteiger partial charge in [0.1, 0.15) is 11.5 Å². The molecule has 0 radical (unpaired) electrons. The third-order valence-electron chi connectivity index (χ3n) is 9.79. The van der Waals surface area contributed by atoms with Gasteiger partial charge >= 0.3 is 11.9 Å². The average molecular weight is 595 g/mol. The first-order valence-corrected chi connectivity index (χ1v) is 17.2. The van der Waals surface area contributed by atoms with Gasteiger partial charge in [-0.1, -0.05) is 75.2 Å². The van der Waals surface area contributed by atoms with Crippen molar-refractivity contribution < 1.29 is 19.1 Å². The summed E-state index contributed by atoms with van der Waals surface area (Å²) in [7, 11) is 0. The van der Waals surface area contributed by atoms with Crippen molar-refractivity contribution in [3.8, 4) is 11.5 Å². The van der Waals surface area contributed by atoms with Crippen molar-refractivity contribution in [2.45, 2.75) is 104 Å². The molecule has 5 rings (SSSR count). The maximum Gasteiger partial charge on any atom is 0.314 e. The molecule has 0 saturated heterocycles. The summed E-state index contributed by atoms with van der Waals surface area (Å²) in [5.41, 5.74) is 5.35. The minimum Gasteiger partial charge on any atom is -0.426 e. The summed E-state index contributed by atoms with van der Waals surface area (Å²) in [4.78, 5) is 25.5. The van der Waals surface area contributed by atoms with Gasteiger partial charge in [0, 0.05) is 0 Å². The molecule has 0 atom stereocenters. The van der Waals surface area contributed by atoms with E-state index in [1.54, 1.807) is 0 Å². The van der Waals surface area contributed by atoms with Crippen LogP contribution in [0.2, 0.25) is 0 Å². The lowest BCUT2D eigenvalue weighted by Crippen LogP contribution is -2.26. The molecule has 4 nitrogen and oxygen atoms in total. The van der Waals surface area contributed by atoms with Gasteiger partial charge in [0.15, 0.2) is 0 Å². The minimum atomic E-state index is -0.0703. The Bertz CT molecular complexity index is 1200. The van der Waals surface area contributed by atoms with Crippen molar-refractivity contribution in [3.05, 3.63) is 95.1 Å². The first-order chi connectivity index (χ1) is 21.5. The molecule has 0 N–H and O–H groups in total. The van der Waals surface area contributed by atoms with Gasteiger partial charge in [-0.25, -0.2) is 0 Å². The van der Waals surface area contributed by atoms with Crippen molar-refractivity contribution in [1.82, 2.24) is 0 Å². The molecule has 2 fully saturated rings. The lowest BCUT2D eigenvalue weighted by molar-refractivity contribution is -0.141. The molecule has 0 aliphatic heterocycles. The maximum absolute atomic E-state index is 12.8. The Morgan fingerprint density at radius 3 is 1.14 bits per heavy atom. The molecular weight excluding hydrogens is 544 g/mol. The molecule has 0 spiro atoms. The Labute approximate surface area is 264 Å². The molecule has 0 bridgehead atoms.